The van der Waals surface area contributed by atoms with Crippen LogP contribution in [0.15, 0.2) is 60.7 Å². The number of likely N-dealkylation sites (N-methyl/N-ethyl adjacent to an activating group) is 1. The first-order valence-electron chi connectivity index (χ1n) is 16.8. The summed E-state index contributed by atoms with van der Waals surface area (Å²) in [7, 11) is 2.02. The molecule has 0 fully saturated rings. The Balaban J connectivity index is 1.18. The third-order valence-corrected chi connectivity index (χ3v) is 8.87. The lowest BCUT2D eigenvalue weighted by Crippen LogP contribution is -2.49. The van der Waals surface area contributed by atoms with E-state index in [4.69, 9.17) is 19.9 Å². The van der Waals surface area contributed by atoms with E-state index in [9.17, 15) is 19.5 Å². The molecule has 0 spiro atoms. The molecule has 2 aliphatic heterocycles. The predicted molar refractivity (Wildman–Crippen MR) is 188 cm³/mol. The highest BCUT2D eigenvalue weighted by Gasteiger charge is 2.33. The van der Waals surface area contributed by atoms with Gasteiger partial charge in [0, 0.05) is 44.1 Å². The summed E-state index contributed by atoms with van der Waals surface area (Å²) in [6, 6.07) is 17.7. The fourth-order valence-electron chi connectivity index (χ4n) is 6.04. The van der Waals surface area contributed by atoms with E-state index in [-0.39, 0.29) is 49.6 Å². The maximum atomic E-state index is 13.8. The topological polar surface area (TPSA) is 156 Å². The van der Waals surface area contributed by atoms with Crippen molar-refractivity contribution in [2.24, 2.45) is 5.92 Å². The number of anilines is 3. The third kappa shape index (κ3) is 9.42. The van der Waals surface area contributed by atoms with E-state index in [1.54, 1.807) is 35.2 Å². The van der Waals surface area contributed by atoms with Gasteiger partial charge in [0.15, 0.2) is 11.5 Å². The van der Waals surface area contributed by atoms with Crippen LogP contribution in [0.2, 0.25) is 0 Å². The Labute approximate surface area is 287 Å². The van der Waals surface area contributed by atoms with Gasteiger partial charge in [0.25, 0.3) is 5.91 Å². The molecule has 0 aliphatic carbocycles. The molecule has 0 saturated carbocycles. The Morgan fingerprint density at radius 2 is 1.69 bits per heavy atom. The van der Waals surface area contributed by atoms with Gasteiger partial charge in [-0.2, -0.15) is 0 Å². The molecule has 0 aromatic heterocycles. The third-order valence-electron chi connectivity index (χ3n) is 8.87. The highest BCUT2D eigenvalue weighted by Crippen LogP contribution is 2.34. The molecule has 0 radical (unpaired) electrons. The van der Waals surface area contributed by atoms with E-state index in [0.29, 0.717) is 73.7 Å². The smallest absolute Gasteiger partial charge is 0.258 e. The van der Waals surface area contributed by atoms with Gasteiger partial charge in [0.2, 0.25) is 18.6 Å². The van der Waals surface area contributed by atoms with E-state index < -0.39 is 6.04 Å². The van der Waals surface area contributed by atoms with Crippen LogP contribution in [0.4, 0.5) is 17.1 Å². The summed E-state index contributed by atoms with van der Waals surface area (Å²) >= 11 is 0. The minimum Gasteiger partial charge on any atom is -0.488 e. The normalized spacial score (nSPS) is 17.5. The summed E-state index contributed by atoms with van der Waals surface area (Å²) in [5, 5.41) is 15.7. The molecule has 3 amide bonds. The minimum absolute atomic E-state index is 0.0350. The quantitative estimate of drug-likeness (QED) is 0.138. The molecule has 0 saturated heterocycles. The summed E-state index contributed by atoms with van der Waals surface area (Å²) in [6.45, 7) is 5.56. The van der Waals surface area contributed by atoms with Crippen molar-refractivity contribution in [3.05, 3.63) is 71.8 Å². The van der Waals surface area contributed by atoms with Gasteiger partial charge in [-0.1, -0.05) is 31.5 Å². The number of nitrogens with zero attached hydrogens (tertiary/aromatic N) is 2. The molecule has 0 unspecified atom stereocenters. The number of unbranched alkanes of at least 4 members (excludes halogenated alkanes) is 2. The number of ether oxygens (including phenoxy) is 3. The van der Waals surface area contributed by atoms with Gasteiger partial charge in [-0.25, -0.2) is 0 Å². The standard InChI is InChI=1S/C37H47N5O7/c1-24-19-42(25(2)22-43)37(46)28-18-27(39-35(44)11-5-4-6-12-36(45)40-30-10-8-7-9-29(30)38)14-16-31(28)49-34(24)21-41(3)20-26-13-15-32-33(17-26)48-23-47-32/h7-10,13-18,24-25,34,43H,4-6,11-12,19-23,38H2,1-3H3,(H,39,44)(H,40,45)/t24-,25+,34+/m1/s1. The SMILES string of the molecule is C[C@@H]1CN([C@@H](C)CO)C(=O)c2cc(NC(=O)CCCCCC(=O)Nc3ccccc3N)ccc2O[C@H]1CN(C)Cc1ccc2c(c1)OCO2. The van der Waals surface area contributed by atoms with Crippen molar-refractivity contribution in [2.45, 2.75) is 64.6 Å². The first-order valence-corrected chi connectivity index (χ1v) is 16.8. The predicted octanol–water partition coefficient (Wildman–Crippen LogP) is 4.88. The molecule has 2 heterocycles. The lowest BCUT2D eigenvalue weighted by atomic mass is 9.99. The van der Waals surface area contributed by atoms with Crippen molar-refractivity contribution < 1.29 is 33.7 Å². The molecule has 12 nitrogen and oxygen atoms in total. The maximum Gasteiger partial charge on any atom is 0.258 e. The van der Waals surface area contributed by atoms with Gasteiger partial charge in [-0.05, 0) is 74.8 Å². The van der Waals surface area contributed by atoms with Gasteiger partial charge in [-0.3, -0.25) is 19.3 Å². The van der Waals surface area contributed by atoms with Gasteiger partial charge >= 0.3 is 0 Å². The van der Waals surface area contributed by atoms with Crippen LogP contribution < -0.4 is 30.6 Å². The van der Waals surface area contributed by atoms with E-state index in [1.807, 2.05) is 44.3 Å². The Morgan fingerprint density at radius 1 is 0.980 bits per heavy atom. The molecule has 5 N–H and O–H groups in total. The second kappa shape index (κ2) is 16.5. The average Bonchev–Trinajstić information content (AvgIpc) is 3.55. The highest BCUT2D eigenvalue weighted by molar-refractivity contribution is 6.00. The Morgan fingerprint density at radius 3 is 2.45 bits per heavy atom. The number of nitrogen functional groups attached to an aromatic ring is 1. The number of para-hydroxylation sites is 2. The summed E-state index contributed by atoms with van der Waals surface area (Å²) in [4.78, 5) is 42.8. The summed E-state index contributed by atoms with van der Waals surface area (Å²) in [6.07, 6.45) is 2.31. The Hall–Kier alpha value is -4.81. The molecule has 2 aliphatic rings. The van der Waals surface area contributed by atoms with Crippen LogP contribution in [0.5, 0.6) is 17.2 Å². The zero-order chi connectivity index (χ0) is 34.9. The van der Waals surface area contributed by atoms with Gasteiger partial charge < -0.3 is 40.6 Å². The molecule has 5 rings (SSSR count). The monoisotopic (exact) mass is 673 g/mol. The zero-order valence-electron chi connectivity index (χ0n) is 28.4. The number of aliphatic hydroxyl groups is 1. The molecule has 3 aromatic carbocycles. The van der Waals surface area contributed by atoms with E-state index in [2.05, 4.69) is 22.5 Å². The first kappa shape index (κ1) is 35.5. The largest absolute Gasteiger partial charge is 0.488 e. The molecule has 3 atom stereocenters. The van der Waals surface area contributed by atoms with Crippen LogP contribution in [0.1, 0.15) is 61.9 Å². The fraction of sp³-hybridized carbons (Fsp3) is 0.432. The zero-order valence-corrected chi connectivity index (χ0v) is 28.4. The van der Waals surface area contributed by atoms with Crippen LogP contribution in [0, 0.1) is 5.92 Å². The molecular weight excluding hydrogens is 626 g/mol. The van der Waals surface area contributed by atoms with Crippen molar-refractivity contribution in [3.63, 3.8) is 0 Å². The lowest BCUT2D eigenvalue weighted by molar-refractivity contribution is -0.116. The molecule has 0 bridgehead atoms. The number of amides is 3. The second-order valence-electron chi connectivity index (χ2n) is 13.0. The van der Waals surface area contributed by atoms with Crippen LogP contribution in [0.25, 0.3) is 0 Å². The first-order chi connectivity index (χ1) is 23.6. The van der Waals surface area contributed by atoms with Crippen molar-refractivity contribution >= 4 is 34.8 Å². The van der Waals surface area contributed by atoms with Crippen molar-refractivity contribution in [1.82, 2.24) is 9.80 Å². The second-order valence-corrected chi connectivity index (χ2v) is 13.0. The summed E-state index contributed by atoms with van der Waals surface area (Å²) in [5.41, 5.74) is 8.90. The van der Waals surface area contributed by atoms with Crippen LogP contribution in [0.3, 0.4) is 0 Å². The van der Waals surface area contributed by atoms with Crippen molar-refractivity contribution in [3.8, 4) is 17.2 Å². The number of aliphatic hydroxyl groups excluding tert-OH is 1. The van der Waals surface area contributed by atoms with E-state index >= 15 is 0 Å². The highest BCUT2D eigenvalue weighted by atomic mass is 16.7. The molecule has 262 valence electrons. The van der Waals surface area contributed by atoms with Gasteiger partial charge in [0.05, 0.1) is 29.6 Å². The van der Waals surface area contributed by atoms with Crippen LogP contribution in [-0.4, -0.2) is 78.3 Å². The van der Waals surface area contributed by atoms with Crippen molar-refractivity contribution in [1.29, 1.82) is 0 Å². The minimum atomic E-state index is -0.404. The maximum absolute atomic E-state index is 13.8. The summed E-state index contributed by atoms with van der Waals surface area (Å²) in [5.74, 6) is 1.31. The van der Waals surface area contributed by atoms with Gasteiger partial charge in [0.1, 0.15) is 11.9 Å². The molecule has 12 heteroatoms. The van der Waals surface area contributed by atoms with Crippen LogP contribution >= 0.6 is 0 Å². The number of hydrogen-bond donors (Lipinski definition) is 4. The Bertz CT molecular complexity index is 1630. The number of carbonyl (C=O) groups is 3. The molecule has 49 heavy (non-hydrogen) atoms. The van der Waals surface area contributed by atoms with E-state index in [0.717, 1.165) is 17.1 Å². The Kier molecular flexibility index (Phi) is 12.0. The van der Waals surface area contributed by atoms with E-state index in [1.165, 1.54) is 0 Å². The number of carbonyl (C=O) groups excluding carboxylic acids is 3. The van der Waals surface area contributed by atoms with Gasteiger partial charge in [-0.15, -0.1) is 0 Å². The fourth-order valence-corrected chi connectivity index (χ4v) is 6.04. The number of fused-ring (bicyclic) bond motifs is 2. The lowest BCUT2D eigenvalue weighted by Gasteiger charge is -2.38. The molecular formula is C37H47N5O7. The number of hydrogen-bond acceptors (Lipinski definition) is 9. The molecule has 3 aromatic rings. The number of rotatable bonds is 14. The average molecular weight is 674 g/mol. The summed E-state index contributed by atoms with van der Waals surface area (Å²) < 4.78 is 17.5. The number of benzene rings is 3. The number of nitrogens with two attached hydrogens (primary N) is 1. The van der Waals surface area contributed by atoms with Crippen LogP contribution in [-0.2, 0) is 16.1 Å². The van der Waals surface area contributed by atoms with Crippen molar-refractivity contribution in [2.75, 3.05) is 49.9 Å². The number of nitrogens with one attached hydrogen (secondary N) is 2.